The van der Waals surface area contributed by atoms with E-state index in [0.29, 0.717) is 5.76 Å². The lowest BCUT2D eigenvalue weighted by atomic mass is 9.78. The third-order valence-electron chi connectivity index (χ3n) is 7.13. The molecule has 0 aromatic heterocycles. The number of fused-ring (bicyclic) bond motifs is 2. The van der Waals surface area contributed by atoms with E-state index < -0.39 is 0 Å². The van der Waals surface area contributed by atoms with Crippen molar-refractivity contribution < 1.29 is 9.53 Å². The van der Waals surface area contributed by atoms with Gasteiger partial charge in [0.2, 0.25) is 0 Å². The molecular formula is C26H33NO2. The van der Waals surface area contributed by atoms with E-state index in [1.807, 2.05) is 6.92 Å². The van der Waals surface area contributed by atoms with Crippen molar-refractivity contribution in [3.63, 3.8) is 0 Å². The van der Waals surface area contributed by atoms with Crippen molar-refractivity contribution >= 4 is 22.9 Å². The molecular weight excluding hydrogens is 358 g/mol. The molecule has 0 unspecified atom stereocenters. The predicted molar refractivity (Wildman–Crippen MR) is 122 cm³/mol. The number of hydrogen-bond acceptors (Lipinski definition) is 3. The first-order valence-electron chi connectivity index (χ1n) is 10.3. The van der Waals surface area contributed by atoms with Crippen molar-refractivity contribution in [3.05, 3.63) is 61.4 Å². The van der Waals surface area contributed by atoms with Crippen molar-refractivity contribution in [2.24, 2.45) is 0 Å². The summed E-state index contributed by atoms with van der Waals surface area (Å²) in [7, 11) is 2.16. The molecule has 0 spiro atoms. The lowest BCUT2D eigenvalue weighted by Gasteiger charge is -2.39. The molecule has 3 heteroatoms. The summed E-state index contributed by atoms with van der Waals surface area (Å²) >= 11 is 0. The van der Waals surface area contributed by atoms with Gasteiger partial charge in [0.15, 0.2) is 0 Å². The molecule has 2 aromatic carbocycles. The summed E-state index contributed by atoms with van der Waals surface area (Å²) in [5.41, 5.74) is 16.1. The number of benzene rings is 2. The van der Waals surface area contributed by atoms with E-state index in [1.54, 1.807) is 0 Å². The summed E-state index contributed by atoms with van der Waals surface area (Å²) in [5, 5.41) is 0. The molecule has 1 aliphatic heterocycles. The van der Waals surface area contributed by atoms with E-state index in [1.165, 1.54) is 73.9 Å². The van der Waals surface area contributed by atoms with Crippen LogP contribution in [0.4, 0.5) is 11.4 Å². The van der Waals surface area contributed by atoms with Crippen molar-refractivity contribution in [1.29, 1.82) is 0 Å². The van der Waals surface area contributed by atoms with Gasteiger partial charge < -0.3 is 9.64 Å². The van der Waals surface area contributed by atoms with E-state index in [9.17, 15) is 4.79 Å². The van der Waals surface area contributed by atoms with Crippen molar-refractivity contribution in [2.45, 2.75) is 69.2 Å². The van der Waals surface area contributed by atoms with Crippen LogP contribution < -0.4 is 4.90 Å². The Morgan fingerprint density at radius 2 is 0.966 bits per heavy atom. The highest BCUT2D eigenvalue weighted by molar-refractivity contribution is 6.03. The first-order valence-corrected chi connectivity index (χ1v) is 10.3. The maximum absolute atomic E-state index is 11.9. The lowest BCUT2D eigenvalue weighted by molar-refractivity contribution is -0.136. The highest BCUT2D eigenvalue weighted by Gasteiger charge is 2.34. The average molecular weight is 392 g/mol. The van der Waals surface area contributed by atoms with Crippen molar-refractivity contribution in [1.82, 2.24) is 0 Å². The van der Waals surface area contributed by atoms with Gasteiger partial charge in [0.1, 0.15) is 5.76 Å². The minimum absolute atomic E-state index is 0.284. The van der Waals surface area contributed by atoms with Crippen LogP contribution in [0.25, 0.3) is 5.57 Å². The molecule has 0 radical (unpaired) electrons. The second-order valence-electron chi connectivity index (χ2n) is 8.53. The molecule has 0 bridgehead atoms. The molecule has 0 saturated carbocycles. The summed E-state index contributed by atoms with van der Waals surface area (Å²) in [5.74, 6) is 0.387. The highest BCUT2D eigenvalue weighted by Crippen LogP contribution is 2.53. The Bertz CT molecular complexity index is 1030. The quantitative estimate of drug-likeness (QED) is 0.406. The summed E-state index contributed by atoms with van der Waals surface area (Å²) in [6.45, 7) is 20.9. The van der Waals surface area contributed by atoms with Gasteiger partial charge in [-0.2, -0.15) is 0 Å². The summed E-state index contributed by atoms with van der Waals surface area (Å²) in [6, 6.07) is 0. The van der Waals surface area contributed by atoms with Gasteiger partial charge >= 0.3 is 5.97 Å². The number of carbonyl (C=O) groups excluding carboxylic acids is 1. The van der Waals surface area contributed by atoms with E-state index >= 15 is 0 Å². The van der Waals surface area contributed by atoms with E-state index in [2.05, 4.69) is 67.3 Å². The zero-order chi connectivity index (χ0) is 21.9. The molecule has 29 heavy (non-hydrogen) atoms. The molecule has 0 atom stereocenters. The van der Waals surface area contributed by atoms with Crippen molar-refractivity contribution in [3.8, 4) is 0 Å². The maximum atomic E-state index is 11.9. The third-order valence-corrected chi connectivity index (χ3v) is 7.13. The number of allylic oxidation sites excluding steroid dienone is 1. The summed E-state index contributed by atoms with van der Waals surface area (Å²) in [4.78, 5) is 14.2. The smallest absolute Gasteiger partial charge is 0.307 e. The van der Waals surface area contributed by atoms with E-state index in [4.69, 9.17) is 4.74 Å². The van der Waals surface area contributed by atoms with Gasteiger partial charge in [-0.15, -0.1) is 0 Å². The average Bonchev–Trinajstić information content (AvgIpc) is 2.65. The molecule has 154 valence electrons. The molecule has 3 nitrogen and oxygen atoms in total. The summed E-state index contributed by atoms with van der Waals surface area (Å²) < 4.78 is 5.69. The Hall–Kier alpha value is -2.55. The second kappa shape index (κ2) is 7.05. The topological polar surface area (TPSA) is 29.5 Å². The Balaban J connectivity index is 2.62. The largest absolute Gasteiger partial charge is 0.431 e. The first kappa shape index (κ1) is 21.2. The van der Waals surface area contributed by atoms with Crippen LogP contribution in [0.1, 0.15) is 69.5 Å². The number of rotatable bonds is 1. The van der Waals surface area contributed by atoms with Crippen LogP contribution >= 0.6 is 0 Å². The highest BCUT2D eigenvalue weighted by atomic mass is 16.5. The van der Waals surface area contributed by atoms with Gasteiger partial charge in [-0.1, -0.05) is 0 Å². The fourth-order valence-electron chi connectivity index (χ4n) is 4.89. The Labute approximate surface area is 175 Å². The van der Waals surface area contributed by atoms with Crippen LogP contribution in [0.5, 0.6) is 0 Å². The minimum atomic E-state index is -0.284. The Kier molecular flexibility index (Phi) is 5.15. The van der Waals surface area contributed by atoms with Crippen LogP contribution in [-0.2, 0) is 9.53 Å². The number of ether oxygens (including phenoxy) is 1. The van der Waals surface area contributed by atoms with Gasteiger partial charge in [-0.25, -0.2) is 0 Å². The Morgan fingerprint density at radius 3 is 1.31 bits per heavy atom. The molecule has 0 N–H and O–H groups in total. The number of hydrogen-bond donors (Lipinski definition) is 0. The molecule has 1 aliphatic rings. The lowest BCUT2D eigenvalue weighted by Crippen LogP contribution is -2.25. The number of carbonyl (C=O) groups is 1. The van der Waals surface area contributed by atoms with Crippen LogP contribution in [0.15, 0.2) is 5.76 Å². The van der Waals surface area contributed by atoms with E-state index in [-0.39, 0.29) is 5.97 Å². The fourth-order valence-corrected chi connectivity index (χ4v) is 4.89. The molecule has 0 amide bonds. The normalized spacial score (nSPS) is 12.7. The number of esters is 1. The molecule has 0 aliphatic carbocycles. The second-order valence-corrected chi connectivity index (χ2v) is 8.53. The third kappa shape index (κ3) is 2.90. The zero-order valence-electron chi connectivity index (χ0n) is 19.8. The fraction of sp³-hybridized carbons (Fsp3) is 0.423. The molecule has 2 aromatic rings. The van der Waals surface area contributed by atoms with Crippen LogP contribution in [-0.4, -0.2) is 13.0 Å². The maximum Gasteiger partial charge on any atom is 0.307 e. The van der Waals surface area contributed by atoms with Crippen LogP contribution in [0, 0.1) is 55.4 Å². The molecule has 0 saturated heterocycles. The predicted octanol–water partition coefficient (Wildman–Crippen LogP) is 6.58. The van der Waals surface area contributed by atoms with Crippen molar-refractivity contribution in [2.75, 3.05) is 11.9 Å². The Morgan fingerprint density at radius 1 is 0.621 bits per heavy atom. The van der Waals surface area contributed by atoms with Crippen LogP contribution in [0.3, 0.4) is 0 Å². The minimum Gasteiger partial charge on any atom is -0.431 e. The molecule has 3 rings (SSSR count). The standard InChI is InChI=1S/C26H33NO2/c1-12-14(3)18(7)25-22(16(12)5)24(20(9)29-21(10)28)23-17(6)13(2)15(4)19(8)26(23)27(25)11/h1-11H3. The molecule has 1 heterocycles. The van der Waals surface area contributed by atoms with Gasteiger partial charge in [-0.3, -0.25) is 4.79 Å². The SMILES string of the molecule is CC(=O)OC(C)=C1c2c(C)c(C)c(C)c(C)c2N(C)c2c(C)c(C)c(C)c(C)c21. The number of anilines is 2. The van der Waals surface area contributed by atoms with Gasteiger partial charge in [0.25, 0.3) is 0 Å². The number of nitrogens with zero attached hydrogens (tertiary/aromatic N) is 1. The van der Waals surface area contributed by atoms with Gasteiger partial charge in [-0.05, 0) is 107 Å². The summed E-state index contributed by atoms with van der Waals surface area (Å²) in [6.07, 6.45) is 0. The van der Waals surface area contributed by atoms with Crippen LogP contribution in [0.2, 0.25) is 0 Å². The first-order chi connectivity index (χ1) is 13.4. The van der Waals surface area contributed by atoms with Gasteiger partial charge in [0.05, 0.1) is 11.4 Å². The van der Waals surface area contributed by atoms with Gasteiger partial charge in [0, 0.05) is 30.7 Å². The monoisotopic (exact) mass is 391 g/mol. The zero-order valence-corrected chi connectivity index (χ0v) is 19.8. The van der Waals surface area contributed by atoms with E-state index in [0.717, 1.165) is 5.57 Å². The molecule has 0 fully saturated rings.